The summed E-state index contributed by atoms with van der Waals surface area (Å²) >= 11 is 0. The van der Waals surface area contributed by atoms with E-state index >= 15 is 0 Å². The van der Waals surface area contributed by atoms with Crippen LogP contribution in [0.15, 0.2) is 18.2 Å². The van der Waals surface area contributed by atoms with Gasteiger partial charge in [-0.3, -0.25) is 4.79 Å². The molecule has 0 spiro atoms. The number of nitrogens with two attached hydrogens (primary N) is 1. The lowest BCUT2D eigenvalue weighted by Gasteiger charge is -2.04. The molecular formula is C9H13N3O2. The van der Waals surface area contributed by atoms with Crippen molar-refractivity contribution in [1.82, 2.24) is 10.3 Å². The first-order chi connectivity index (χ1) is 6.74. The lowest BCUT2D eigenvalue weighted by Crippen LogP contribution is -2.17. The van der Waals surface area contributed by atoms with Crippen molar-refractivity contribution >= 4 is 5.91 Å². The second-order valence-corrected chi connectivity index (χ2v) is 2.68. The molecule has 0 saturated carbocycles. The molecule has 0 aliphatic carbocycles. The highest BCUT2D eigenvalue weighted by molar-refractivity contribution is 5.90. The molecule has 0 aliphatic heterocycles. The average molecular weight is 195 g/mol. The van der Waals surface area contributed by atoms with Crippen molar-refractivity contribution in [2.45, 2.75) is 0 Å². The third-order valence-corrected chi connectivity index (χ3v) is 1.58. The van der Waals surface area contributed by atoms with E-state index in [-0.39, 0.29) is 5.69 Å². The van der Waals surface area contributed by atoms with Crippen molar-refractivity contribution in [3.63, 3.8) is 0 Å². The number of aromatic nitrogens is 1. The van der Waals surface area contributed by atoms with E-state index in [1.54, 1.807) is 18.2 Å². The van der Waals surface area contributed by atoms with Crippen LogP contribution in [0.3, 0.4) is 0 Å². The molecule has 0 aromatic carbocycles. The molecule has 0 bridgehead atoms. The van der Waals surface area contributed by atoms with Crippen LogP contribution in [0.1, 0.15) is 10.5 Å². The van der Waals surface area contributed by atoms with Crippen molar-refractivity contribution in [3.8, 4) is 5.88 Å². The molecule has 1 aromatic rings. The maximum Gasteiger partial charge on any atom is 0.267 e. The highest BCUT2D eigenvalue weighted by Crippen LogP contribution is 2.06. The van der Waals surface area contributed by atoms with Crippen molar-refractivity contribution in [2.75, 3.05) is 20.2 Å². The summed E-state index contributed by atoms with van der Waals surface area (Å²) in [5.41, 5.74) is 5.28. The fourth-order valence-electron chi connectivity index (χ4n) is 0.890. The standard InChI is InChI=1S/C9H13N3O2/c1-11-5-6-14-8-4-2-3-7(12-8)9(10)13/h2-4,11H,5-6H2,1H3,(H2,10,13). The SMILES string of the molecule is CNCCOc1cccc(C(N)=O)n1. The van der Waals surface area contributed by atoms with Gasteiger partial charge in [-0.15, -0.1) is 0 Å². The lowest BCUT2D eigenvalue weighted by atomic mass is 10.3. The number of nitrogens with one attached hydrogen (secondary N) is 1. The largest absolute Gasteiger partial charge is 0.476 e. The first kappa shape index (κ1) is 10.5. The average Bonchev–Trinajstić information content (AvgIpc) is 2.19. The fourth-order valence-corrected chi connectivity index (χ4v) is 0.890. The van der Waals surface area contributed by atoms with Gasteiger partial charge in [0.15, 0.2) is 0 Å². The summed E-state index contributed by atoms with van der Waals surface area (Å²) in [5.74, 6) is -0.138. The summed E-state index contributed by atoms with van der Waals surface area (Å²) < 4.78 is 5.26. The zero-order chi connectivity index (χ0) is 10.4. The van der Waals surface area contributed by atoms with Crippen molar-refractivity contribution in [1.29, 1.82) is 0 Å². The third-order valence-electron chi connectivity index (χ3n) is 1.58. The van der Waals surface area contributed by atoms with Crippen LogP contribution in [0.4, 0.5) is 0 Å². The summed E-state index contributed by atoms with van der Waals surface area (Å²) in [4.78, 5) is 14.7. The molecule has 0 unspecified atom stereocenters. The molecule has 1 aromatic heterocycles. The van der Waals surface area contributed by atoms with Crippen LogP contribution >= 0.6 is 0 Å². The Morgan fingerprint density at radius 3 is 3.07 bits per heavy atom. The molecule has 5 heteroatoms. The highest BCUT2D eigenvalue weighted by atomic mass is 16.5. The summed E-state index contributed by atoms with van der Waals surface area (Å²) in [6.45, 7) is 1.23. The molecular weight excluding hydrogens is 182 g/mol. The maximum atomic E-state index is 10.8. The molecule has 0 fully saturated rings. The topological polar surface area (TPSA) is 77.2 Å². The van der Waals surface area contributed by atoms with E-state index in [2.05, 4.69) is 10.3 Å². The molecule has 0 saturated heterocycles. The Hall–Kier alpha value is -1.62. The fraction of sp³-hybridized carbons (Fsp3) is 0.333. The Kier molecular flexibility index (Phi) is 3.87. The number of amides is 1. The van der Waals surface area contributed by atoms with Gasteiger partial charge in [0.25, 0.3) is 5.91 Å². The normalized spacial score (nSPS) is 9.79. The minimum Gasteiger partial charge on any atom is -0.476 e. The van der Waals surface area contributed by atoms with E-state index < -0.39 is 5.91 Å². The van der Waals surface area contributed by atoms with E-state index in [9.17, 15) is 4.79 Å². The van der Waals surface area contributed by atoms with Crippen molar-refractivity contribution in [2.24, 2.45) is 5.73 Å². The van der Waals surface area contributed by atoms with E-state index in [0.29, 0.717) is 12.5 Å². The van der Waals surface area contributed by atoms with Gasteiger partial charge in [-0.25, -0.2) is 4.98 Å². The predicted molar refractivity (Wildman–Crippen MR) is 52.2 cm³/mol. The molecule has 1 amide bonds. The van der Waals surface area contributed by atoms with Gasteiger partial charge < -0.3 is 15.8 Å². The van der Waals surface area contributed by atoms with Crippen LogP contribution in [0.25, 0.3) is 0 Å². The number of rotatable bonds is 5. The Morgan fingerprint density at radius 1 is 1.64 bits per heavy atom. The van der Waals surface area contributed by atoms with Crippen molar-refractivity contribution < 1.29 is 9.53 Å². The first-order valence-electron chi connectivity index (χ1n) is 4.28. The molecule has 0 aliphatic rings. The zero-order valence-electron chi connectivity index (χ0n) is 7.99. The zero-order valence-corrected chi connectivity index (χ0v) is 7.99. The molecule has 1 rings (SSSR count). The number of hydrogen-bond donors (Lipinski definition) is 2. The number of hydrogen-bond acceptors (Lipinski definition) is 4. The minimum absolute atomic E-state index is 0.215. The van der Waals surface area contributed by atoms with Gasteiger partial charge in [0.2, 0.25) is 5.88 Å². The molecule has 3 N–H and O–H groups in total. The second-order valence-electron chi connectivity index (χ2n) is 2.68. The van der Waals surface area contributed by atoms with Gasteiger partial charge in [0, 0.05) is 12.6 Å². The summed E-state index contributed by atoms with van der Waals surface area (Å²) in [7, 11) is 1.83. The second kappa shape index (κ2) is 5.18. The van der Waals surface area contributed by atoms with E-state index in [1.165, 1.54) is 0 Å². The number of carbonyl (C=O) groups is 1. The Balaban J connectivity index is 2.59. The van der Waals surface area contributed by atoms with Crippen LogP contribution in [0.5, 0.6) is 5.88 Å². The number of likely N-dealkylation sites (N-methyl/N-ethyl adjacent to an activating group) is 1. The van der Waals surface area contributed by atoms with Gasteiger partial charge in [0.1, 0.15) is 12.3 Å². The Labute approximate surface area is 82.3 Å². The smallest absolute Gasteiger partial charge is 0.267 e. The van der Waals surface area contributed by atoms with Crippen LogP contribution < -0.4 is 15.8 Å². The predicted octanol–water partition coefficient (Wildman–Crippen LogP) is -0.221. The van der Waals surface area contributed by atoms with E-state index in [4.69, 9.17) is 10.5 Å². The molecule has 76 valence electrons. The molecule has 0 radical (unpaired) electrons. The third kappa shape index (κ3) is 3.02. The lowest BCUT2D eigenvalue weighted by molar-refractivity contribution is 0.0994. The van der Waals surface area contributed by atoms with Gasteiger partial charge in [-0.1, -0.05) is 6.07 Å². The minimum atomic E-state index is -0.552. The number of carbonyl (C=O) groups excluding carboxylic acids is 1. The van der Waals surface area contributed by atoms with E-state index in [0.717, 1.165) is 6.54 Å². The summed E-state index contributed by atoms with van der Waals surface area (Å²) in [6, 6.07) is 4.91. The Morgan fingerprint density at radius 2 is 2.43 bits per heavy atom. The van der Waals surface area contributed by atoms with Crippen LogP contribution in [0.2, 0.25) is 0 Å². The van der Waals surface area contributed by atoms with Crippen LogP contribution in [-0.2, 0) is 0 Å². The van der Waals surface area contributed by atoms with Gasteiger partial charge in [0.05, 0.1) is 0 Å². The number of primary amides is 1. The monoisotopic (exact) mass is 195 g/mol. The number of ether oxygens (including phenoxy) is 1. The summed E-state index contributed by atoms with van der Waals surface area (Å²) in [5, 5.41) is 2.93. The number of pyridine rings is 1. The molecule has 5 nitrogen and oxygen atoms in total. The Bertz CT molecular complexity index is 315. The quantitative estimate of drug-likeness (QED) is 0.637. The van der Waals surface area contributed by atoms with Gasteiger partial charge >= 0.3 is 0 Å². The van der Waals surface area contributed by atoms with Crippen LogP contribution in [0, 0.1) is 0 Å². The first-order valence-corrected chi connectivity index (χ1v) is 4.28. The summed E-state index contributed by atoms with van der Waals surface area (Å²) in [6.07, 6.45) is 0. The molecule has 14 heavy (non-hydrogen) atoms. The highest BCUT2D eigenvalue weighted by Gasteiger charge is 2.02. The van der Waals surface area contributed by atoms with Crippen LogP contribution in [-0.4, -0.2) is 31.1 Å². The van der Waals surface area contributed by atoms with Crippen molar-refractivity contribution in [3.05, 3.63) is 23.9 Å². The van der Waals surface area contributed by atoms with Gasteiger partial charge in [-0.05, 0) is 13.1 Å². The van der Waals surface area contributed by atoms with Gasteiger partial charge in [-0.2, -0.15) is 0 Å². The molecule has 1 heterocycles. The molecule has 0 atom stereocenters. The van der Waals surface area contributed by atoms with E-state index in [1.807, 2.05) is 7.05 Å². The maximum absolute atomic E-state index is 10.8. The number of nitrogens with zero attached hydrogens (tertiary/aromatic N) is 1.